The smallest absolute Gasteiger partial charge is 0.328 e. The molecule has 3 aromatic carbocycles. The van der Waals surface area contributed by atoms with Gasteiger partial charge in [0, 0.05) is 112 Å². The van der Waals surface area contributed by atoms with E-state index in [1.807, 2.05) is 42.5 Å². The number of urea groups is 1. The number of piperazine rings is 1. The lowest BCUT2D eigenvalue weighted by atomic mass is 9.66. The number of nitrogens with zero attached hydrogens (tertiary/aromatic N) is 7. The second kappa shape index (κ2) is 16.3. The van der Waals surface area contributed by atoms with Crippen LogP contribution < -0.4 is 24.9 Å². The van der Waals surface area contributed by atoms with Crippen LogP contribution in [-0.4, -0.2) is 105 Å². The molecule has 12 heteroatoms. The normalized spacial score (nSPS) is 23.8. The summed E-state index contributed by atoms with van der Waals surface area (Å²) in [7, 11) is 0. The van der Waals surface area contributed by atoms with Crippen LogP contribution in [-0.2, 0) is 4.79 Å². The second-order valence-corrected chi connectivity index (χ2v) is 18.7. The van der Waals surface area contributed by atoms with E-state index < -0.39 is 0 Å². The highest BCUT2D eigenvalue weighted by molar-refractivity contribution is 6.32. The van der Waals surface area contributed by atoms with Gasteiger partial charge in [0.2, 0.25) is 5.91 Å². The Hall–Kier alpha value is -4.79. The zero-order chi connectivity index (χ0) is 40.7. The number of halogens is 1. The number of amides is 4. The molecule has 3 aromatic rings. The number of anilines is 4. The molecule has 0 aromatic heterocycles. The summed E-state index contributed by atoms with van der Waals surface area (Å²) in [6.45, 7) is 11.6. The van der Waals surface area contributed by atoms with Crippen LogP contribution >= 0.6 is 11.6 Å². The number of likely N-dealkylation sites (tertiary alicyclic amines) is 1. The van der Waals surface area contributed by atoms with Crippen LogP contribution in [0.5, 0.6) is 0 Å². The zero-order valence-corrected chi connectivity index (χ0v) is 35.1. The van der Waals surface area contributed by atoms with Gasteiger partial charge in [0.1, 0.15) is 6.07 Å². The Morgan fingerprint density at radius 1 is 0.729 bits per heavy atom. The molecule has 0 radical (unpaired) electrons. The van der Waals surface area contributed by atoms with Crippen molar-refractivity contribution in [3.63, 3.8) is 0 Å². The zero-order valence-electron chi connectivity index (χ0n) is 34.4. The molecular weight excluding hydrogens is 760 g/mol. The lowest BCUT2D eigenvalue weighted by molar-refractivity contribution is -0.120. The van der Waals surface area contributed by atoms with Crippen molar-refractivity contribution in [3.8, 4) is 6.07 Å². The molecule has 1 N–H and O–H groups in total. The Kier molecular flexibility index (Phi) is 11.0. The summed E-state index contributed by atoms with van der Waals surface area (Å²) in [5.41, 5.74) is 6.28. The molecule has 1 saturated carbocycles. The van der Waals surface area contributed by atoms with Crippen LogP contribution in [0.1, 0.15) is 87.1 Å². The first kappa shape index (κ1) is 39.7. The number of hydrogen-bond donors (Lipinski definition) is 1. The fourth-order valence-corrected chi connectivity index (χ4v) is 11.5. The lowest BCUT2D eigenvalue weighted by Gasteiger charge is -2.49. The fraction of sp³-hybridized carbons (Fsp3) is 0.532. The van der Waals surface area contributed by atoms with Crippen molar-refractivity contribution >= 4 is 52.2 Å². The summed E-state index contributed by atoms with van der Waals surface area (Å²) in [5, 5.41) is 12.2. The van der Waals surface area contributed by atoms with Crippen molar-refractivity contribution in [2.75, 3.05) is 85.0 Å². The first-order valence-electron chi connectivity index (χ1n) is 21.9. The third-order valence-corrected chi connectivity index (χ3v) is 15.3. The van der Waals surface area contributed by atoms with Gasteiger partial charge in [0.05, 0.1) is 10.6 Å². The molecule has 4 amide bonds. The summed E-state index contributed by atoms with van der Waals surface area (Å²) in [4.78, 5) is 51.3. The molecule has 0 unspecified atom stereocenters. The molecule has 5 aliphatic heterocycles. The van der Waals surface area contributed by atoms with E-state index in [0.29, 0.717) is 41.1 Å². The Balaban J connectivity index is 0.706. The number of piperidine rings is 2. The maximum absolute atomic E-state index is 13.7. The Labute approximate surface area is 353 Å². The van der Waals surface area contributed by atoms with Crippen molar-refractivity contribution in [3.05, 3.63) is 82.9 Å². The Bertz CT molecular complexity index is 2070. The minimum absolute atomic E-state index is 0.168. The third kappa shape index (κ3) is 8.11. The van der Waals surface area contributed by atoms with Crippen LogP contribution in [0.25, 0.3) is 0 Å². The summed E-state index contributed by atoms with van der Waals surface area (Å²) in [6.07, 6.45) is 11.0. The van der Waals surface area contributed by atoms with Gasteiger partial charge < -0.3 is 19.6 Å². The molecular formula is C47H57ClN8O3. The highest BCUT2D eigenvalue weighted by Crippen LogP contribution is 2.47. The SMILES string of the molecule is C[C@H]1CC2(CCN(c3ccc(C(=O)N4CCC5(CCC(N6CCN(c7ccc(N8CCC(=O)NC8=O)cc7)CC6)CC5)CC4)cc3)CC2)CN1c1ccc(C#N)c(Cl)c1. The maximum Gasteiger partial charge on any atom is 0.328 e. The predicted octanol–water partition coefficient (Wildman–Crippen LogP) is 7.53. The number of rotatable bonds is 6. The summed E-state index contributed by atoms with van der Waals surface area (Å²) < 4.78 is 0. The molecule has 1 aliphatic carbocycles. The number of benzene rings is 3. The summed E-state index contributed by atoms with van der Waals surface area (Å²) in [5.74, 6) is -0.0461. The fourth-order valence-electron chi connectivity index (χ4n) is 11.3. The molecule has 310 valence electrons. The minimum atomic E-state index is -0.346. The van der Waals surface area contributed by atoms with Gasteiger partial charge in [-0.05, 0) is 142 Å². The van der Waals surface area contributed by atoms with Gasteiger partial charge in [0.25, 0.3) is 5.91 Å². The largest absolute Gasteiger partial charge is 0.371 e. The van der Waals surface area contributed by atoms with E-state index in [1.54, 1.807) is 4.90 Å². The van der Waals surface area contributed by atoms with Crippen LogP contribution in [0, 0.1) is 22.2 Å². The average molecular weight is 817 g/mol. The molecule has 1 atom stereocenters. The van der Waals surface area contributed by atoms with E-state index in [1.165, 1.54) is 37.1 Å². The molecule has 2 spiro atoms. The first-order valence-corrected chi connectivity index (χ1v) is 22.3. The number of carbonyl (C=O) groups excluding carboxylic acids is 3. The summed E-state index contributed by atoms with van der Waals surface area (Å²) in [6, 6.07) is 25.3. The van der Waals surface area contributed by atoms with Crippen molar-refractivity contribution in [2.24, 2.45) is 10.8 Å². The Morgan fingerprint density at radius 3 is 1.95 bits per heavy atom. The molecule has 6 fully saturated rings. The standard InChI is InChI=1S/C47H57ClN8O3/c1-34-31-47(33-56(34)41-7-4-36(32-49)42(48)30-41)19-22-51(23-20-47)37-5-2-35(3-6-37)44(58)54-24-17-46(18-25-54)15-12-39(13-16-46)53-28-26-52(27-29-53)38-8-10-40(11-9-38)55-21-14-43(57)50-45(55)59/h2-11,30,34,39H,12-29,31,33H2,1H3,(H,50,57,59)/t34-/m0/s1. The highest BCUT2D eigenvalue weighted by Gasteiger charge is 2.45. The minimum Gasteiger partial charge on any atom is -0.371 e. The molecule has 59 heavy (non-hydrogen) atoms. The van der Waals surface area contributed by atoms with E-state index in [9.17, 15) is 19.6 Å². The average Bonchev–Trinajstić information content (AvgIpc) is 3.59. The van der Waals surface area contributed by atoms with Crippen molar-refractivity contribution < 1.29 is 14.4 Å². The monoisotopic (exact) mass is 816 g/mol. The number of carbonyl (C=O) groups is 3. The molecule has 5 heterocycles. The first-order chi connectivity index (χ1) is 28.6. The number of hydrogen-bond acceptors (Lipinski definition) is 8. The van der Waals surface area contributed by atoms with Gasteiger partial charge in [-0.1, -0.05) is 11.6 Å². The molecule has 9 rings (SSSR count). The highest BCUT2D eigenvalue weighted by atomic mass is 35.5. The molecule has 0 bridgehead atoms. The van der Waals surface area contributed by atoms with Gasteiger partial charge >= 0.3 is 6.03 Å². The lowest BCUT2D eigenvalue weighted by Crippen LogP contribution is -2.53. The van der Waals surface area contributed by atoms with Gasteiger partial charge in [-0.3, -0.25) is 24.7 Å². The van der Waals surface area contributed by atoms with E-state index in [-0.39, 0.29) is 23.3 Å². The number of nitriles is 1. The van der Waals surface area contributed by atoms with Gasteiger partial charge in [0.15, 0.2) is 0 Å². The van der Waals surface area contributed by atoms with Gasteiger partial charge in [-0.2, -0.15) is 5.26 Å². The van der Waals surface area contributed by atoms with E-state index in [4.69, 9.17) is 11.6 Å². The number of nitrogens with one attached hydrogen (secondary N) is 1. The molecule has 11 nitrogen and oxygen atoms in total. The van der Waals surface area contributed by atoms with Gasteiger partial charge in [-0.25, -0.2) is 4.79 Å². The summed E-state index contributed by atoms with van der Waals surface area (Å²) >= 11 is 6.40. The van der Waals surface area contributed by atoms with E-state index in [2.05, 4.69) is 67.1 Å². The predicted molar refractivity (Wildman–Crippen MR) is 233 cm³/mol. The molecule has 5 saturated heterocycles. The van der Waals surface area contributed by atoms with E-state index in [0.717, 1.165) is 108 Å². The van der Waals surface area contributed by atoms with Crippen LogP contribution in [0.4, 0.5) is 27.5 Å². The van der Waals surface area contributed by atoms with Crippen molar-refractivity contribution in [2.45, 2.75) is 83.2 Å². The Morgan fingerprint density at radius 2 is 1.32 bits per heavy atom. The quantitative estimate of drug-likeness (QED) is 0.273. The maximum atomic E-state index is 13.7. The van der Waals surface area contributed by atoms with E-state index >= 15 is 0 Å². The van der Waals surface area contributed by atoms with Crippen molar-refractivity contribution in [1.29, 1.82) is 5.26 Å². The second-order valence-electron chi connectivity index (χ2n) is 18.3. The topological polar surface area (TPSA) is 106 Å². The third-order valence-electron chi connectivity index (χ3n) is 15.0. The van der Waals surface area contributed by atoms with Crippen LogP contribution in [0.15, 0.2) is 66.7 Å². The van der Waals surface area contributed by atoms with Gasteiger partial charge in [-0.15, -0.1) is 0 Å². The number of imide groups is 1. The van der Waals surface area contributed by atoms with Crippen LogP contribution in [0.2, 0.25) is 5.02 Å². The molecule has 6 aliphatic rings. The van der Waals surface area contributed by atoms with Crippen molar-refractivity contribution in [1.82, 2.24) is 15.1 Å². The van der Waals surface area contributed by atoms with Crippen LogP contribution in [0.3, 0.4) is 0 Å².